The highest BCUT2D eigenvalue weighted by molar-refractivity contribution is 5.98. The van der Waals surface area contributed by atoms with Crippen LogP contribution in [0.1, 0.15) is 77.6 Å². The number of para-hydroxylation sites is 1. The Balaban J connectivity index is 1.32. The average molecular weight is 600 g/mol. The van der Waals surface area contributed by atoms with Crippen LogP contribution >= 0.6 is 0 Å². The third-order valence-corrected chi connectivity index (χ3v) is 9.94. The molecule has 6 aromatic carbocycles. The monoisotopic (exact) mass is 599 g/mol. The predicted octanol–water partition coefficient (Wildman–Crippen LogP) is 12.8. The summed E-state index contributed by atoms with van der Waals surface area (Å²) in [6, 6.07) is 44.7. The van der Waals surface area contributed by atoms with Crippen molar-refractivity contribution in [2.45, 2.75) is 71.6 Å². The lowest BCUT2D eigenvalue weighted by Gasteiger charge is -2.30. The number of fused-ring (bicyclic) bond motifs is 4. The van der Waals surface area contributed by atoms with E-state index in [1.807, 2.05) is 0 Å². The van der Waals surface area contributed by atoms with Crippen LogP contribution in [0, 0.1) is 0 Å². The molecule has 1 aliphatic carbocycles. The van der Waals surface area contributed by atoms with Gasteiger partial charge in [-0.3, -0.25) is 0 Å². The molecule has 7 rings (SSSR count). The van der Waals surface area contributed by atoms with Gasteiger partial charge in [0.2, 0.25) is 0 Å². The molecule has 0 heterocycles. The highest BCUT2D eigenvalue weighted by atomic mass is 14.9. The molecule has 0 fully saturated rings. The van der Waals surface area contributed by atoms with E-state index in [4.69, 9.17) is 0 Å². The minimum absolute atomic E-state index is 0.000694. The standard InChI is InChI=1S/C45H45N/c1-43(2,3)33-27-38(44(4,5)6)42-39(28-33)45(7,8)37-18-13-17-36(41(37)42)35-16-11-12-19-40(35)46-34-24-22-30(23-25-34)32-21-20-29-14-9-10-15-31(29)26-32/h9-28,46H,1-8H3. The fourth-order valence-electron chi connectivity index (χ4n) is 7.24. The Morgan fingerprint density at radius 3 is 1.87 bits per heavy atom. The molecule has 230 valence electrons. The van der Waals surface area contributed by atoms with Crippen molar-refractivity contribution in [1.29, 1.82) is 0 Å². The van der Waals surface area contributed by atoms with E-state index >= 15 is 0 Å². The van der Waals surface area contributed by atoms with E-state index in [-0.39, 0.29) is 16.2 Å². The second-order valence-corrected chi connectivity index (χ2v) is 15.6. The molecule has 0 saturated heterocycles. The van der Waals surface area contributed by atoms with Crippen LogP contribution in [0.4, 0.5) is 11.4 Å². The number of hydrogen-bond donors (Lipinski definition) is 1. The van der Waals surface area contributed by atoms with E-state index in [2.05, 4.69) is 182 Å². The van der Waals surface area contributed by atoms with Crippen LogP contribution in [0.3, 0.4) is 0 Å². The van der Waals surface area contributed by atoms with Gasteiger partial charge in [0.05, 0.1) is 0 Å². The van der Waals surface area contributed by atoms with Crippen molar-refractivity contribution >= 4 is 22.1 Å². The summed E-state index contributed by atoms with van der Waals surface area (Å²) in [6.07, 6.45) is 0. The number of nitrogens with one attached hydrogen (secondary N) is 1. The molecule has 0 aliphatic heterocycles. The summed E-state index contributed by atoms with van der Waals surface area (Å²) < 4.78 is 0. The number of hydrogen-bond acceptors (Lipinski definition) is 1. The van der Waals surface area contributed by atoms with Crippen molar-refractivity contribution in [2.24, 2.45) is 0 Å². The summed E-state index contributed by atoms with van der Waals surface area (Å²) >= 11 is 0. The zero-order chi connectivity index (χ0) is 32.4. The predicted molar refractivity (Wildman–Crippen MR) is 200 cm³/mol. The Hall–Kier alpha value is -4.62. The summed E-state index contributed by atoms with van der Waals surface area (Å²) in [6.45, 7) is 18.9. The average Bonchev–Trinajstić information content (AvgIpc) is 3.26. The zero-order valence-electron chi connectivity index (χ0n) is 28.5. The lowest BCUT2D eigenvalue weighted by atomic mass is 9.74. The van der Waals surface area contributed by atoms with Crippen molar-refractivity contribution in [3.05, 3.63) is 144 Å². The topological polar surface area (TPSA) is 12.0 Å². The molecule has 1 N–H and O–H groups in total. The van der Waals surface area contributed by atoms with Gasteiger partial charge in [-0.1, -0.05) is 152 Å². The first-order valence-electron chi connectivity index (χ1n) is 16.6. The summed E-state index contributed by atoms with van der Waals surface area (Å²) in [5.41, 5.74) is 15.6. The molecule has 6 aromatic rings. The van der Waals surface area contributed by atoms with Crippen LogP contribution in [0.2, 0.25) is 0 Å². The quantitative estimate of drug-likeness (QED) is 0.212. The van der Waals surface area contributed by atoms with Crippen LogP contribution in [-0.2, 0) is 16.2 Å². The van der Waals surface area contributed by atoms with Crippen LogP contribution in [0.25, 0.3) is 44.2 Å². The first kappa shape index (κ1) is 30.1. The molecule has 0 unspecified atom stereocenters. The Labute approximate surface area is 275 Å². The van der Waals surface area contributed by atoms with Gasteiger partial charge in [-0.05, 0) is 95.9 Å². The fourth-order valence-corrected chi connectivity index (χ4v) is 7.24. The molecule has 0 amide bonds. The van der Waals surface area contributed by atoms with Gasteiger partial charge in [0.1, 0.15) is 0 Å². The van der Waals surface area contributed by atoms with Gasteiger partial charge in [0.15, 0.2) is 0 Å². The molecular weight excluding hydrogens is 555 g/mol. The Morgan fingerprint density at radius 1 is 0.500 bits per heavy atom. The summed E-state index contributed by atoms with van der Waals surface area (Å²) in [5, 5.41) is 6.32. The Bertz CT molecular complexity index is 2100. The van der Waals surface area contributed by atoms with Gasteiger partial charge in [0.25, 0.3) is 0 Å². The maximum Gasteiger partial charge on any atom is 0.0464 e. The number of anilines is 2. The first-order valence-corrected chi connectivity index (χ1v) is 16.6. The first-order chi connectivity index (χ1) is 21.8. The molecule has 46 heavy (non-hydrogen) atoms. The lowest BCUT2D eigenvalue weighted by molar-refractivity contribution is 0.564. The van der Waals surface area contributed by atoms with Crippen molar-refractivity contribution < 1.29 is 0 Å². The molecule has 0 bridgehead atoms. The molecule has 1 aliphatic rings. The van der Waals surface area contributed by atoms with Crippen molar-refractivity contribution in [2.75, 3.05) is 5.32 Å². The van der Waals surface area contributed by atoms with Crippen LogP contribution in [0.15, 0.2) is 121 Å². The molecule has 1 heteroatoms. The highest BCUT2D eigenvalue weighted by Gasteiger charge is 2.41. The van der Waals surface area contributed by atoms with Gasteiger partial charge < -0.3 is 5.32 Å². The van der Waals surface area contributed by atoms with Gasteiger partial charge >= 0.3 is 0 Å². The van der Waals surface area contributed by atoms with E-state index in [9.17, 15) is 0 Å². The van der Waals surface area contributed by atoms with Gasteiger partial charge in [-0.2, -0.15) is 0 Å². The fraction of sp³-hybridized carbons (Fsp3) is 0.244. The smallest absolute Gasteiger partial charge is 0.0464 e. The molecule has 0 spiro atoms. The van der Waals surface area contributed by atoms with Crippen molar-refractivity contribution in [3.8, 4) is 33.4 Å². The largest absolute Gasteiger partial charge is 0.355 e. The van der Waals surface area contributed by atoms with Crippen molar-refractivity contribution in [1.82, 2.24) is 0 Å². The van der Waals surface area contributed by atoms with Crippen LogP contribution in [0.5, 0.6) is 0 Å². The lowest BCUT2D eigenvalue weighted by Crippen LogP contribution is -2.21. The van der Waals surface area contributed by atoms with Gasteiger partial charge in [-0.15, -0.1) is 0 Å². The van der Waals surface area contributed by atoms with E-state index in [0.717, 1.165) is 11.4 Å². The molecule has 0 aromatic heterocycles. The molecular formula is C45H45N. The third kappa shape index (κ3) is 5.13. The highest BCUT2D eigenvalue weighted by Crippen LogP contribution is 2.56. The molecule has 0 saturated carbocycles. The van der Waals surface area contributed by atoms with Crippen molar-refractivity contribution in [3.63, 3.8) is 0 Å². The summed E-state index contributed by atoms with van der Waals surface area (Å²) in [4.78, 5) is 0. The van der Waals surface area contributed by atoms with E-state index in [1.54, 1.807) is 0 Å². The van der Waals surface area contributed by atoms with E-state index in [0.29, 0.717) is 0 Å². The number of benzene rings is 6. The van der Waals surface area contributed by atoms with E-state index in [1.165, 1.54) is 66.4 Å². The second kappa shape index (κ2) is 10.7. The number of rotatable bonds is 4. The zero-order valence-corrected chi connectivity index (χ0v) is 28.5. The van der Waals surface area contributed by atoms with E-state index < -0.39 is 0 Å². The van der Waals surface area contributed by atoms with Crippen LogP contribution < -0.4 is 5.32 Å². The summed E-state index contributed by atoms with van der Waals surface area (Å²) in [7, 11) is 0. The normalized spacial score (nSPS) is 13.8. The maximum atomic E-state index is 3.79. The minimum Gasteiger partial charge on any atom is -0.355 e. The Morgan fingerprint density at radius 2 is 1.15 bits per heavy atom. The van der Waals surface area contributed by atoms with Gasteiger partial charge in [-0.25, -0.2) is 0 Å². The Kier molecular flexibility index (Phi) is 7.01. The minimum atomic E-state index is -0.0943. The molecule has 1 nitrogen and oxygen atoms in total. The molecule has 0 atom stereocenters. The van der Waals surface area contributed by atoms with Gasteiger partial charge in [0, 0.05) is 22.4 Å². The van der Waals surface area contributed by atoms with Crippen LogP contribution in [-0.4, -0.2) is 0 Å². The molecule has 0 radical (unpaired) electrons. The second-order valence-electron chi connectivity index (χ2n) is 15.6. The summed E-state index contributed by atoms with van der Waals surface area (Å²) in [5.74, 6) is 0. The maximum absolute atomic E-state index is 3.79. The SMILES string of the molecule is CC(C)(C)c1cc(C(C)(C)C)c2c(c1)C(C)(C)c1cccc(-c3ccccc3Nc3ccc(-c4ccc5ccccc5c4)cc3)c1-2. The third-order valence-electron chi connectivity index (χ3n) is 9.94.